The molecule has 0 fully saturated rings. The van der Waals surface area contributed by atoms with E-state index in [0.29, 0.717) is 29.4 Å². The molecule has 3 aromatic carbocycles. The van der Waals surface area contributed by atoms with Gasteiger partial charge in [0.2, 0.25) is 0 Å². The van der Waals surface area contributed by atoms with Crippen molar-refractivity contribution in [2.75, 3.05) is 23.8 Å². The van der Waals surface area contributed by atoms with Crippen molar-refractivity contribution < 1.29 is 19.1 Å². The molecule has 7 heteroatoms. The van der Waals surface area contributed by atoms with Crippen molar-refractivity contribution in [1.82, 2.24) is 0 Å². The molecule has 2 amide bonds. The molecule has 0 aliphatic heterocycles. The van der Waals surface area contributed by atoms with Crippen molar-refractivity contribution in [3.63, 3.8) is 0 Å². The van der Waals surface area contributed by atoms with E-state index in [4.69, 9.17) is 9.47 Å². The topological polar surface area (TPSA) is 100 Å². The largest absolute Gasteiger partial charge is 0.490 e. The molecule has 184 valence electrons. The first-order valence-electron chi connectivity index (χ1n) is 11.6. The lowest BCUT2D eigenvalue weighted by Crippen LogP contribution is -2.21. The van der Waals surface area contributed by atoms with Crippen LogP contribution in [0.4, 0.5) is 11.4 Å². The number of amides is 2. The van der Waals surface area contributed by atoms with Gasteiger partial charge in [0, 0.05) is 11.4 Å². The summed E-state index contributed by atoms with van der Waals surface area (Å²) in [4.78, 5) is 25.1. The van der Waals surface area contributed by atoms with Gasteiger partial charge in [-0.3, -0.25) is 9.59 Å². The van der Waals surface area contributed by atoms with E-state index in [1.54, 1.807) is 24.3 Å². The molecule has 0 heterocycles. The highest BCUT2D eigenvalue weighted by molar-refractivity contribution is 6.10. The second kappa shape index (κ2) is 12.2. The average Bonchev–Trinajstić information content (AvgIpc) is 2.85. The van der Waals surface area contributed by atoms with Gasteiger partial charge in [-0.15, -0.1) is 0 Å². The first kappa shape index (κ1) is 26.0. The Morgan fingerprint density at radius 2 is 1.64 bits per heavy atom. The van der Waals surface area contributed by atoms with Gasteiger partial charge >= 0.3 is 0 Å². The van der Waals surface area contributed by atoms with Crippen molar-refractivity contribution in [3.8, 4) is 17.6 Å². The van der Waals surface area contributed by atoms with Crippen LogP contribution in [0.5, 0.6) is 11.5 Å². The molecule has 0 unspecified atom stereocenters. The van der Waals surface area contributed by atoms with E-state index in [2.05, 4.69) is 10.6 Å². The molecule has 0 aliphatic carbocycles. The number of hydrogen-bond acceptors (Lipinski definition) is 5. The number of aryl methyl sites for hydroxylation is 3. The number of nitriles is 1. The van der Waals surface area contributed by atoms with Crippen LogP contribution in [-0.2, 0) is 9.59 Å². The lowest BCUT2D eigenvalue weighted by Gasteiger charge is -2.14. The summed E-state index contributed by atoms with van der Waals surface area (Å²) in [6.45, 7) is 7.80. The molecule has 0 saturated heterocycles. The Balaban J connectivity index is 1.72. The van der Waals surface area contributed by atoms with Crippen molar-refractivity contribution >= 4 is 29.3 Å². The van der Waals surface area contributed by atoms with Gasteiger partial charge in [0.1, 0.15) is 11.6 Å². The van der Waals surface area contributed by atoms with E-state index in [1.165, 1.54) is 6.08 Å². The Bertz CT molecular complexity index is 1340. The molecule has 0 atom stereocenters. The number of rotatable bonds is 9. The smallest absolute Gasteiger partial charge is 0.266 e. The number of carbonyl (C=O) groups is 2. The fraction of sp³-hybridized carbons (Fsp3) is 0.207. The summed E-state index contributed by atoms with van der Waals surface area (Å²) in [6.07, 6.45) is 1.48. The predicted molar refractivity (Wildman–Crippen MR) is 141 cm³/mol. The van der Waals surface area contributed by atoms with Gasteiger partial charge in [-0.2, -0.15) is 5.26 Å². The summed E-state index contributed by atoms with van der Waals surface area (Å²) in [5, 5.41) is 15.2. The lowest BCUT2D eigenvalue weighted by molar-refractivity contribution is -0.118. The van der Waals surface area contributed by atoms with Crippen molar-refractivity contribution in [1.29, 1.82) is 5.26 Å². The highest BCUT2D eigenvalue weighted by atomic mass is 16.5. The minimum Gasteiger partial charge on any atom is -0.490 e. The Labute approximate surface area is 211 Å². The molecule has 7 nitrogen and oxygen atoms in total. The van der Waals surface area contributed by atoms with Crippen LogP contribution in [-0.4, -0.2) is 25.0 Å². The van der Waals surface area contributed by atoms with E-state index in [0.717, 1.165) is 22.4 Å². The van der Waals surface area contributed by atoms with Crippen molar-refractivity contribution in [3.05, 3.63) is 88.5 Å². The number of benzene rings is 3. The van der Waals surface area contributed by atoms with Crippen LogP contribution in [0.2, 0.25) is 0 Å². The van der Waals surface area contributed by atoms with E-state index in [9.17, 15) is 14.9 Å². The Morgan fingerprint density at radius 3 is 2.33 bits per heavy atom. The Kier molecular flexibility index (Phi) is 8.84. The lowest BCUT2D eigenvalue weighted by atomic mass is 10.1. The van der Waals surface area contributed by atoms with Gasteiger partial charge in [0.05, 0.1) is 6.61 Å². The number of carbonyl (C=O) groups excluding carboxylic acids is 2. The number of nitrogens with one attached hydrogen (secondary N) is 2. The minimum atomic E-state index is -0.506. The summed E-state index contributed by atoms with van der Waals surface area (Å²) in [6, 6.07) is 20.1. The zero-order valence-corrected chi connectivity index (χ0v) is 20.8. The summed E-state index contributed by atoms with van der Waals surface area (Å²) < 4.78 is 11.4. The van der Waals surface area contributed by atoms with Gasteiger partial charge in [0.15, 0.2) is 18.1 Å². The van der Waals surface area contributed by atoms with Crippen LogP contribution in [0.25, 0.3) is 6.08 Å². The third-order valence-electron chi connectivity index (χ3n) is 5.35. The fourth-order valence-electron chi connectivity index (χ4n) is 3.50. The van der Waals surface area contributed by atoms with E-state index in [1.807, 2.05) is 70.2 Å². The summed E-state index contributed by atoms with van der Waals surface area (Å²) in [5.74, 6) is -0.0176. The summed E-state index contributed by atoms with van der Waals surface area (Å²) in [5.41, 5.74) is 4.88. The second-order valence-electron chi connectivity index (χ2n) is 8.23. The maximum atomic E-state index is 12.6. The zero-order chi connectivity index (χ0) is 26.1. The van der Waals surface area contributed by atoms with Crippen LogP contribution in [0.3, 0.4) is 0 Å². The number of ether oxygens (including phenoxy) is 2. The summed E-state index contributed by atoms with van der Waals surface area (Å²) >= 11 is 0. The standard InChI is InChI=1S/C29H29N3O4/c1-5-35-27-16-22(15-23(17-30)29(34)32-24-9-7-6-8-20(24)3)11-13-26(27)36-18-28(33)31-25-12-10-19(2)14-21(25)4/h6-16H,5,18H2,1-4H3,(H,31,33)(H,32,34)/b23-15-. The maximum Gasteiger partial charge on any atom is 0.266 e. The predicted octanol–water partition coefficient (Wildman–Crippen LogP) is 5.57. The van der Waals surface area contributed by atoms with E-state index < -0.39 is 5.91 Å². The highest BCUT2D eigenvalue weighted by Gasteiger charge is 2.13. The highest BCUT2D eigenvalue weighted by Crippen LogP contribution is 2.30. The minimum absolute atomic E-state index is 0.0535. The summed E-state index contributed by atoms with van der Waals surface area (Å²) in [7, 11) is 0. The Hall–Kier alpha value is -4.57. The van der Waals surface area contributed by atoms with Crippen molar-refractivity contribution in [2.24, 2.45) is 0 Å². The fourth-order valence-corrected chi connectivity index (χ4v) is 3.50. The van der Waals surface area contributed by atoms with Gasteiger partial charge in [-0.1, -0.05) is 42.0 Å². The second-order valence-corrected chi connectivity index (χ2v) is 8.23. The molecule has 3 rings (SSSR count). The van der Waals surface area contributed by atoms with Gasteiger partial charge in [-0.25, -0.2) is 0 Å². The normalized spacial score (nSPS) is 10.8. The average molecular weight is 484 g/mol. The molecule has 0 bridgehead atoms. The van der Waals surface area contributed by atoms with E-state index in [-0.39, 0.29) is 18.1 Å². The quantitative estimate of drug-likeness (QED) is 0.306. The third-order valence-corrected chi connectivity index (χ3v) is 5.35. The number of nitrogens with zero attached hydrogens (tertiary/aromatic N) is 1. The zero-order valence-electron chi connectivity index (χ0n) is 20.8. The SMILES string of the molecule is CCOc1cc(/C=C(/C#N)C(=O)Nc2ccccc2C)ccc1OCC(=O)Nc1ccc(C)cc1C. The molecule has 3 aromatic rings. The monoisotopic (exact) mass is 483 g/mol. The molecular weight excluding hydrogens is 454 g/mol. The van der Waals surface area contributed by atoms with Gasteiger partial charge < -0.3 is 20.1 Å². The first-order chi connectivity index (χ1) is 17.3. The van der Waals surface area contributed by atoms with Crippen LogP contribution in [0, 0.1) is 32.1 Å². The first-order valence-corrected chi connectivity index (χ1v) is 11.6. The number of hydrogen-bond donors (Lipinski definition) is 2. The molecule has 0 aromatic heterocycles. The van der Waals surface area contributed by atoms with Gasteiger partial charge in [0.25, 0.3) is 11.8 Å². The third kappa shape index (κ3) is 6.97. The molecule has 0 aliphatic rings. The molecule has 0 saturated carbocycles. The number of para-hydroxylation sites is 1. The van der Waals surface area contributed by atoms with Crippen LogP contribution in [0.15, 0.2) is 66.2 Å². The van der Waals surface area contributed by atoms with Crippen molar-refractivity contribution in [2.45, 2.75) is 27.7 Å². The van der Waals surface area contributed by atoms with Crippen LogP contribution < -0.4 is 20.1 Å². The van der Waals surface area contributed by atoms with Crippen LogP contribution in [0.1, 0.15) is 29.2 Å². The molecule has 0 spiro atoms. The Morgan fingerprint density at radius 1 is 0.889 bits per heavy atom. The maximum absolute atomic E-state index is 12.6. The molecule has 36 heavy (non-hydrogen) atoms. The molecule has 2 N–H and O–H groups in total. The number of anilines is 2. The van der Waals surface area contributed by atoms with Gasteiger partial charge in [-0.05, 0) is 74.7 Å². The molecule has 0 radical (unpaired) electrons. The van der Waals surface area contributed by atoms with E-state index >= 15 is 0 Å². The molecular formula is C29H29N3O4. The van der Waals surface area contributed by atoms with Crippen LogP contribution >= 0.6 is 0 Å².